The van der Waals surface area contributed by atoms with Crippen molar-refractivity contribution in [2.45, 2.75) is 12.1 Å². The van der Waals surface area contributed by atoms with E-state index in [4.69, 9.17) is 20.4 Å². The second-order valence-electron chi connectivity index (χ2n) is 7.14. The van der Waals surface area contributed by atoms with E-state index < -0.39 is 0 Å². The van der Waals surface area contributed by atoms with Crippen molar-refractivity contribution >= 4 is 23.4 Å². The highest BCUT2D eigenvalue weighted by Gasteiger charge is 2.19. The van der Waals surface area contributed by atoms with Gasteiger partial charge in [0.05, 0.1) is 30.8 Å². The number of nitrogens with one attached hydrogen (secondary N) is 2. The Hall–Kier alpha value is -2.55. The molecule has 8 nitrogen and oxygen atoms in total. The van der Waals surface area contributed by atoms with Gasteiger partial charge in [-0.05, 0) is 52.5 Å². The Labute approximate surface area is 175 Å². The topological polar surface area (TPSA) is 82.6 Å². The third-order valence-corrected chi connectivity index (χ3v) is 4.93. The maximum Gasteiger partial charge on any atom is 0.224 e. The van der Waals surface area contributed by atoms with E-state index in [1.807, 2.05) is 52.5 Å². The van der Waals surface area contributed by atoms with Crippen LogP contribution in [0.2, 0.25) is 5.02 Å². The van der Waals surface area contributed by atoms with Crippen molar-refractivity contribution in [1.82, 2.24) is 19.8 Å². The molecule has 3 aromatic heterocycles. The number of rotatable bonds is 10. The van der Waals surface area contributed by atoms with Gasteiger partial charge >= 0.3 is 0 Å². The van der Waals surface area contributed by atoms with Crippen molar-refractivity contribution in [3.8, 4) is 0 Å². The molecule has 2 atom stereocenters. The average molecular weight is 419 g/mol. The van der Waals surface area contributed by atoms with E-state index >= 15 is 0 Å². The van der Waals surface area contributed by atoms with Crippen molar-refractivity contribution in [2.75, 3.05) is 51.9 Å². The lowest BCUT2D eigenvalue weighted by Gasteiger charge is -2.24. The summed E-state index contributed by atoms with van der Waals surface area (Å²) >= 11 is 6.30. The van der Waals surface area contributed by atoms with Gasteiger partial charge in [0.25, 0.3) is 0 Å². The zero-order valence-corrected chi connectivity index (χ0v) is 17.8. The van der Waals surface area contributed by atoms with Gasteiger partial charge in [0.15, 0.2) is 5.82 Å². The molecule has 0 saturated carbocycles. The summed E-state index contributed by atoms with van der Waals surface area (Å²) in [7, 11) is 8.00. The molecule has 0 aliphatic rings. The fourth-order valence-electron chi connectivity index (χ4n) is 2.99. The van der Waals surface area contributed by atoms with Crippen LogP contribution in [-0.2, 0) is 0 Å². The van der Waals surface area contributed by atoms with Crippen LogP contribution in [0.15, 0.2) is 51.8 Å². The molecule has 9 heteroatoms. The summed E-state index contributed by atoms with van der Waals surface area (Å²) in [6, 6.07) is 7.77. The Bertz CT molecular complexity index is 867. The molecule has 0 aliphatic carbocycles. The first kappa shape index (κ1) is 21.2. The first-order chi connectivity index (χ1) is 14.0. The zero-order valence-electron chi connectivity index (χ0n) is 17.1. The molecule has 2 unspecified atom stereocenters. The highest BCUT2D eigenvalue weighted by molar-refractivity contribution is 6.32. The Balaban J connectivity index is 1.66. The Morgan fingerprint density at radius 3 is 1.97 bits per heavy atom. The molecule has 0 fully saturated rings. The Kier molecular flexibility index (Phi) is 7.13. The predicted molar refractivity (Wildman–Crippen MR) is 114 cm³/mol. The van der Waals surface area contributed by atoms with Crippen molar-refractivity contribution in [2.24, 2.45) is 0 Å². The minimum absolute atomic E-state index is 0.0458. The van der Waals surface area contributed by atoms with E-state index in [1.165, 1.54) is 0 Å². The summed E-state index contributed by atoms with van der Waals surface area (Å²) in [6.45, 7) is 1.18. The molecular formula is C20H27ClN6O2. The van der Waals surface area contributed by atoms with Crippen LogP contribution in [-0.4, -0.2) is 61.0 Å². The van der Waals surface area contributed by atoms with Crippen LogP contribution < -0.4 is 10.6 Å². The fourth-order valence-corrected chi connectivity index (χ4v) is 3.15. The molecule has 0 spiro atoms. The highest BCUT2D eigenvalue weighted by Crippen LogP contribution is 2.24. The lowest BCUT2D eigenvalue weighted by molar-refractivity contribution is 0.269. The van der Waals surface area contributed by atoms with Gasteiger partial charge in [-0.15, -0.1) is 0 Å². The van der Waals surface area contributed by atoms with Gasteiger partial charge < -0.3 is 19.5 Å². The van der Waals surface area contributed by atoms with Crippen LogP contribution in [0.3, 0.4) is 0 Å². The van der Waals surface area contributed by atoms with Gasteiger partial charge in [-0.3, -0.25) is 9.80 Å². The summed E-state index contributed by atoms with van der Waals surface area (Å²) in [5, 5.41) is 7.04. The second-order valence-corrected chi connectivity index (χ2v) is 7.55. The monoisotopic (exact) mass is 418 g/mol. The summed E-state index contributed by atoms with van der Waals surface area (Å²) < 4.78 is 11.1. The van der Waals surface area contributed by atoms with Gasteiger partial charge in [-0.2, -0.15) is 4.98 Å². The molecule has 3 rings (SSSR count). The molecule has 0 bridgehead atoms. The first-order valence-electron chi connectivity index (χ1n) is 9.35. The van der Waals surface area contributed by atoms with Gasteiger partial charge in [-0.25, -0.2) is 4.98 Å². The van der Waals surface area contributed by atoms with Gasteiger partial charge in [0.1, 0.15) is 16.5 Å². The minimum Gasteiger partial charge on any atom is -0.468 e. The minimum atomic E-state index is 0.0458. The zero-order chi connectivity index (χ0) is 20.8. The second kappa shape index (κ2) is 9.78. The van der Waals surface area contributed by atoms with E-state index in [-0.39, 0.29) is 12.1 Å². The molecule has 2 N–H and O–H groups in total. The van der Waals surface area contributed by atoms with Gasteiger partial charge in [-0.1, -0.05) is 11.6 Å². The van der Waals surface area contributed by atoms with Crippen molar-refractivity contribution in [3.63, 3.8) is 0 Å². The normalized spacial score (nSPS) is 13.6. The van der Waals surface area contributed by atoms with Crippen molar-refractivity contribution in [3.05, 3.63) is 59.5 Å². The van der Waals surface area contributed by atoms with Crippen LogP contribution in [0.1, 0.15) is 23.6 Å². The van der Waals surface area contributed by atoms with Crippen molar-refractivity contribution < 1.29 is 8.83 Å². The predicted octanol–water partition coefficient (Wildman–Crippen LogP) is 3.75. The molecule has 0 radical (unpaired) electrons. The van der Waals surface area contributed by atoms with Gasteiger partial charge in [0.2, 0.25) is 5.95 Å². The standard InChI is InChI=1S/C20H27ClN6O2/c1-26(2)15(17-7-5-9-28-17)12-22-19-14(21)11-23-20(25-19)24-13-16(27(3)4)18-8-6-10-29-18/h5-11,15-16H,12-13H2,1-4H3,(H2,22,23,24,25). The quantitative estimate of drug-likeness (QED) is 0.515. The SMILES string of the molecule is CN(C)C(CNc1ncc(Cl)c(NCC(c2ccco2)N(C)C)n1)c1ccco1. The maximum atomic E-state index is 6.30. The number of hydrogen-bond donors (Lipinski definition) is 2. The van der Waals surface area contributed by atoms with E-state index in [0.29, 0.717) is 29.9 Å². The number of anilines is 2. The van der Waals surface area contributed by atoms with E-state index in [9.17, 15) is 0 Å². The molecule has 0 amide bonds. The molecule has 3 heterocycles. The van der Waals surface area contributed by atoms with E-state index in [0.717, 1.165) is 11.5 Å². The van der Waals surface area contributed by atoms with Crippen LogP contribution >= 0.6 is 11.6 Å². The van der Waals surface area contributed by atoms with Crippen LogP contribution in [0.25, 0.3) is 0 Å². The summed E-state index contributed by atoms with van der Waals surface area (Å²) in [5.74, 6) is 2.82. The number of aromatic nitrogens is 2. The lowest BCUT2D eigenvalue weighted by atomic mass is 10.2. The molecule has 29 heavy (non-hydrogen) atoms. The number of likely N-dealkylation sites (N-methyl/N-ethyl adjacent to an activating group) is 2. The highest BCUT2D eigenvalue weighted by atomic mass is 35.5. The number of hydrogen-bond acceptors (Lipinski definition) is 8. The molecule has 0 aromatic carbocycles. The lowest BCUT2D eigenvalue weighted by Crippen LogP contribution is -2.28. The van der Waals surface area contributed by atoms with Crippen LogP contribution in [0.5, 0.6) is 0 Å². The van der Waals surface area contributed by atoms with Gasteiger partial charge in [0, 0.05) is 13.1 Å². The van der Waals surface area contributed by atoms with Crippen LogP contribution in [0, 0.1) is 0 Å². The molecule has 0 aliphatic heterocycles. The first-order valence-corrected chi connectivity index (χ1v) is 9.73. The fraction of sp³-hybridized carbons (Fsp3) is 0.400. The summed E-state index contributed by atoms with van der Waals surface area (Å²) in [6.07, 6.45) is 4.94. The number of furan rings is 2. The molecule has 156 valence electrons. The summed E-state index contributed by atoms with van der Waals surface area (Å²) in [5.41, 5.74) is 0. The summed E-state index contributed by atoms with van der Waals surface area (Å²) in [4.78, 5) is 13.0. The van der Waals surface area contributed by atoms with Crippen molar-refractivity contribution in [1.29, 1.82) is 0 Å². The third-order valence-electron chi connectivity index (χ3n) is 4.65. The third kappa shape index (κ3) is 5.50. The molecule has 3 aromatic rings. The maximum absolute atomic E-state index is 6.30. The van der Waals surface area contributed by atoms with E-state index in [1.54, 1.807) is 18.7 Å². The Morgan fingerprint density at radius 2 is 1.48 bits per heavy atom. The molecular weight excluding hydrogens is 392 g/mol. The smallest absolute Gasteiger partial charge is 0.224 e. The average Bonchev–Trinajstić information content (AvgIpc) is 3.38. The largest absolute Gasteiger partial charge is 0.468 e. The number of nitrogens with zero attached hydrogens (tertiary/aromatic N) is 4. The molecule has 0 saturated heterocycles. The number of halogens is 1. The van der Waals surface area contributed by atoms with Crippen LogP contribution in [0.4, 0.5) is 11.8 Å². The Morgan fingerprint density at radius 1 is 0.931 bits per heavy atom. The van der Waals surface area contributed by atoms with E-state index in [2.05, 4.69) is 30.4 Å².